The van der Waals surface area contributed by atoms with Gasteiger partial charge in [0.05, 0.1) is 5.41 Å². The Labute approximate surface area is 156 Å². The van der Waals surface area contributed by atoms with Crippen LogP contribution in [0.25, 0.3) is 0 Å². The fraction of sp³-hybridized carbons (Fsp3) is 0.136. The van der Waals surface area contributed by atoms with E-state index in [1.54, 1.807) is 60.7 Å². The first kappa shape index (κ1) is 17.0. The summed E-state index contributed by atoms with van der Waals surface area (Å²) in [6, 6.07) is 15.9. The molecule has 134 valence electrons. The lowest BCUT2D eigenvalue weighted by Crippen LogP contribution is -2.17. The Hall–Kier alpha value is -3.47. The minimum atomic E-state index is -0.479. The third kappa shape index (κ3) is 3.44. The minimum absolute atomic E-state index is 0.192. The van der Waals surface area contributed by atoms with Gasteiger partial charge in [0.15, 0.2) is 0 Å². The number of rotatable bonds is 5. The van der Waals surface area contributed by atoms with Gasteiger partial charge < -0.3 is 15.4 Å². The zero-order chi connectivity index (χ0) is 18.9. The molecule has 1 saturated carbocycles. The number of allylic oxidation sites excluding steroid dienone is 2. The van der Waals surface area contributed by atoms with E-state index < -0.39 is 5.41 Å². The Morgan fingerprint density at radius 2 is 1.56 bits per heavy atom. The first-order valence-electron chi connectivity index (χ1n) is 8.75. The van der Waals surface area contributed by atoms with Gasteiger partial charge in [0.1, 0.15) is 6.29 Å². The summed E-state index contributed by atoms with van der Waals surface area (Å²) in [5.41, 5.74) is 1.85. The highest BCUT2D eigenvalue weighted by Crippen LogP contribution is 2.55. The van der Waals surface area contributed by atoms with Crippen molar-refractivity contribution in [2.24, 2.45) is 11.3 Å². The highest BCUT2D eigenvalue weighted by molar-refractivity contribution is 6.07. The summed E-state index contributed by atoms with van der Waals surface area (Å²) < 4.78 is 0. The first-order chi connectivity index (χ1) is 13.1. The number of nitrogens with one attached hydrogen (secondary N) is 2. The largest absolute Gasteiger partial charge is 0.322 e. The van der Waals surface area contributed by atoms with Crippen LogP contribution < -0.4 is 10.6 Å². The third-order valence-electron chi connectivity index (χ3n) is 4.95. The van der Waals surface area contributed by atoms with Crippen molar-refractivity contribution in [3.8, 4) is 0 Å². The van der Waals surface area contributed by atoms with E-state index in [-0.39, 0.29) is 17.7 Å². The molecule has 0 bridgehead atoms. The number of amides is 2. The van der Waals surface area contributed by atoms with Gasteiger partial charge in [0.2, 0.25) is 0 Å². The molecular formula is C22H18N2O3. The van der Waals surface area contributed by atoms with Gasteiger partial charge in [-0.3, -0.25) is 9.59 Å². The van der Waals surface area contributed by atoms with E-state index in [2.05, 4.69) is 10.6 Å². The van der Waals surface area contributed by atoms with Crippen molar-refractivity contribution < 1.29 is 14.4 Å². The number of carbonyl (C=O) groups is 3. The summed E-state index contributed by atoms with van der Waals surface area (Å²) in [7, 11) is 0. The second-order valence-corrected chi connectivity index (χ2v) is 6.85. The van der Waals surface area contributed by atoms with E-state index >= 15 is 0 Å². The van der Waals surface area contributed by atoms with Crippen LogP contribution in [0.4, 0.5) is 11.4 Å². The zero-order valence-electron chi connectivity index (χ0n) is 14.5. The molecule has 2 aliphatic carbocycles. The van der Waals surface area contributed by atoms with E-state index in [9.17, 15) is 14.4 Å². The molecule has 0 spiro atoms. The predicted molar refractivity (Wildman–Crippen MR) is 103 cm³/mol. The smallest absolute Gasteiger partial charge is 0.255 e. The highest BCUT2D eigenvalue weighted by atomic mass is 16.2. The van der Waals surface area contributed by atoms with Crippen LogP contribution in [-0.4, -0.2) is 18.1 Å². The molecule has 2 atom stereocenters. The van der Waals surface area contributed by atoms with Crippen molar-refractivity contribution in [3.63, 3.8) is 0 Å². The zero-order valence-corrected chi connectivity index (χ0v) is 14.5. The van der Waals surface area contributed by atoms with Crippen molar-refractivity contribution >= 4 is 29.5 Å². The SMILES string of the molecule is O=C[C@@]12C=C(C(=O)Nc3ccc(NC(=O)c4ccccc4)cc3)C=CC1C2. The third-order valence-corrected chi connectivity index (χ3v) is 4.95. The van der Waals surface area contributed by atoms with Crippen LogP contribution in [0.15, 0.2) is 78.4 Å². The molecule has 0 aromatic heterocycles. The average molecular weight is 358 g/mol. The lowest BCUT2D eigenvalue weighted by molar-refractivity contribution is -0.112. The van der Waals surface area contributed by atoms with Gasteiger partial charge in [0.25, 0.3) is 11.8 Å². The van der Waals surface area contributed by atoms with E-state index in [0.29, 0.717) is 22.5 Å². The maximum Gasteiger partial charge on any atom is 0.255 e. The van der Waals surface area contributed by atoms with Crippen LogP contribution in [0.2, 0.25) is 0 Å². The normalized spacial score (nSPS) is 22.2. The van der Waals surface area contributed by atoms with Gasteiger partial charge in [-0.05, 0) is 48.7 Å². The molecule has 0 heterocycles. The molecule has 0 radical (unpaired) electrons. The minimum Gasteiger partial charge on any atom is -0.322 e. The molecule has 4 rings (SSSR count). The van der Waals surface area contributed by atoms with Crippen molar-refractivity contribution in [1.82, 2.24) is 0 Å². The molecule has 27 heavy (non-hydrogen) atoms. The molecule has 1 unspecified atom stereocenters. The number of aldehydes is 1. The second-order valence-electron chi connectivity index (χ2n) is 6.85. The summed E-state index contributed by atoms with van der Waals surface area (Å²) in [5, 5.41) is 5.63. The van der Waals surface area contributed by atoms with Gasteiger partial charge in [-0.2, -0.15) is 0 Å². The fourth-order valence-corrected chi connectivity index (χ4v) is 3.24. The van der Waals surface area contributed by atoms with Crippen LogP contribution in [-0.2, 0) is 9.59 Å². The molecule has 5 nitrogen and oxygen atoms in total. The van der Waals surface area contributed by atoms with Gasteiger partial charge in [-0.15, -0.1) is 0 Å². The van der Waals surface area contributed by atoms with E-state index in [0.717, 1.165) is 12.7 Å². The van der Waals surface area contributed by atoms with Crippen LogP contribution in [0.3, 0.4) is 0 Å². The standard InChI is InChI=1S/C22H18N2O3/c25-14-22-12-16(6-7-17(22)13-22)21(27)24-19-10-8-18(9-11-19)23-20(26)15-4-2-1-3-5-15/h1-12,14,17H,13H2,(H,23,26)(H,24,27)/t17?,22-/m0/s1. The van der Waals surface area contributed by atoms with E-state index in [1.807, 2.05) is 12.1 Å². The monoisotopic (exact) mass is 358 g/mol. The average Bonchev–Trinajstić information content (AvgIpc) is 3.44. The maximum atomic E-state index is 12.4. The van der Waals surface area contributed by atoms with Gasteiger partial charge in [-0.25, -0.2) is 0 Å². The molecular weight excluding hydrogens is 340 g/mol. The molecule has 2 amide bonds. The van der Waals surface area contributed by atoms with Crippen molar-refractivity contribution in [1.29, 1.82) is 0 Å². The summed E-state index contributed by atoms with van der Waals surface area (Å²) in [4.78, 5) is 35.8. The topological polar surface area (TPSA) is 75.3 Å². The maximum absolute atomic E-state index is 12.4. The Morgan fingerprint density at radius 1 is 0.926 bits per heavy atom. The molecule has 5 heteroatoms. The first-order valence-corrected chi connectivity index (χ1v) is 8.75. The summed E-state index contributed by atoms with van der Waals surface area (Å²) in [6.07, 6.45) is 7.15. The number of anilines is 2. The molecule has 2 aromatic carbocycles. The highest BCUT2D eigenvalue weighted by Gasteiger charge is 2.52. The van der Waals surface area contributed by atoms with Crippen molar-refractivity contribution in [2.75, 3.05) is 10.6 Å². The molecule has 2 N–H and O–H groups in total. The van der Waals surface area contributed by atoms with Gasteiger partial charge in [0, 0.05) is 22.5 Å². The van der Waals surface area contributed by atoms with Crippen LogP contribution in [0.1, 0.15) is 16.8 Å². The lowest BCUT2D eigenvalue weighted by atomic mass is 9.96. The molecule has 2 aliphatic rings. The van der Waals surface area contributed by atoms with Crippen LogP contribution in [0.5, 0.6) is 0 Å². The second kappa shape index (κ2) is 6.68. The van der Waals surface area contributed by atoms with E-state index in [1.165, 1.54) is 0 Å². The van der Waals surface area contributed by atoms with Gasteiger partial charge in [-0.1, -0.05) is 36.4 Å². The Kier molecular flexibility index (Phi) is 4.20. The van der Waals surface area contributed by atoms with Crippen LogP contribution >= 0.6 is 0 Å². The fourth-order valence-electron chi connectivity index (χ4n) is 3.24. The van der Waals surface area contributed by atoms with Crippen molar-refractivity contribution in [2.45, 2.75) is 6.42 Å². The van der Waals surface area contributed by atoms with Gasteiger partial charge >= 0.3 is 0 Å². The molecule has 1 fully saturated rings. The van der Waals surface area contributed by atoms with Crippen LogP contribution in [0, 0.1) is 11.3 Å². The summed E-state index contributed by atoms with van der Waals surface area (Å²) in [5.74, 6) is -0.207. The Morgan fingerprint density at radius 3 is 2.19 bits per heavy atom. The number of hydrogen-bond acceptors (Lipinski definition) is 3. The molecule has 2 aromatic rings. The number of fused-ring (bicyclic) bond motifs is 1. The Balaban J connectivity index is 1.39. The number of hydrogen-bond donors (Lipinski definition) is 2. The quantitative estimate of drug-likeness (QED) is 0.802. The predicted octanol–water partition coefficient (Wildman–Crippen LogP) is 3.58. The van der Waals surface area contributed by atoms with E-state index in [4.69, 9.17) is 0 Å². The summed E-state index contributed by atoms with van der Waals surface area (Å²) in [6.45, 7) is 0. The number of benzene rings is 2. The molecule has 0 aliphatic heterocycles. The lowest BCUT2D eigenvalue weighted by Gasteiger charge is -2.12. The Bertz CT molecular complexity index is 961. The molecule has 0 saturated heterocycles. The van der Waals surface area contributed by atoms with Crippen molar-refractivity contribution in [3.05, 3.63) is 84.0 Å². The summed E-state index contributed by atoms with van der Waals surface area (Å²) >= 11 is 0. The number of carbonyl (C=O) groups excluding carboxylic acids is 3.